The summed E-state index contributed by atoms with van der Waals surface area (Å²) in [4.78, 5) is 22.7. The lowest BCUT2D eigenvalue weighted by Gasteiger charge is -2.07. The van der Waals surface area contributed by atoms with Gasteiger partial charge in [0, 0.05) is 6.42 Å². The van der Waals surface area contributed by atoms with Crippen molar-refractivity contribution < 1.29 is 14.7 Å². The quantitative estimate of drug-likeness (QED) is 0.769. The molecule has 0 aliphatic heterocycles. The first-order chi connectivity index (χ1) is 7.65. The standard InChI is InChI=1S/C13H14O3/c14-11(13(8-9-13)12(15)16)7-6-10-4-2-1-3-5-10/h1-5H,6-9H2,(H,15,16). The second-order valence-electron chi connectivity index (χ2n) is 4.30. The summed E-state index contributed by atoms with van der Waals surface area (Å²) in [5.41, 5.74) is 0.0476. The molecule has 0 amide bonds. The van der Waals surface area contributed by atoms with Crippen LogP contribution >= 0.6 is 0 Å². The number of benzene rings is 1. The first-order valence-corrected chi connectivity index (χ1v) is 5.46. The lowest BCUT2D eigenvalue weighted by atomic mass is 9.95. The van der Waals surface area contributed by atoms with Gasteiger partial charge in [-0.15, -0.1) is 0 Å². The molecule has 0 unspecified atom stereocenters. The predicted molar refractivity (Wildman–Crippen MR) is 59.1 cm³/mol. The van der Waals surface area contributed by atoms with Crippen molar-refractivity contribution in [1.29, 1.82) is 0 Å². The largest absolute Gasteiger partial charge is 0.480 e. The number of carboxylic acids is 1. The van der Waals surface area contributed by atoms with Crippen LogP contribution in [0.3, 0.4) is 0 Å². The molecule has 1 N–H and O–H groups in total. The van der Waals surface area contributed by atoms with E-state index in [9.17, 15) is 9.59 Å². The molecule has 1 fully saturated rings. The number of Topliss-reactive ketones (excluding diaryl/α,β-unsaturated/α-hetero) is 1. The van der Waals surface area contributed by atoms with Gasteiger partial charge in [0.25, 0.3) is 0 Å². The summed E-state index contributed by atoms with van der Waals surface area (Å²) >= 11 is 0. The maximum atomic E-state index is 11.8. The number of carboxylic acid groups (broad SMARTS) is 1. The molecule has 1 aromatic carbocycles. The highest BCUT2D eigenvalue weighted by Gasteiger charge is 2.55. The number of hydrogen-bond acceptors (Lipinski definition) is 2. The number of rotatable bonds is 5. The van der Waals surface area contributed by atoms with E-state index in [1.807, 2.05) is 30.3 Å². The van der Waals surface area contributed by atoms with E-state index < -0.39 is 11.4 Å². The fourth-order valence-corrected chi connectivity index (χ4v) is 1.88. The zero-order chi connectivity index (χ0) is 11.6. The number of hydrogen-bond donors (Lipinski definition) is 1. The average Bonchev–Trinajstić information content (AvgIpc) is 3.08. The maximum Gasteiger partial charge on any atom is 0.317 e. The van der Waals surface area contributed by atoms with E-state index in [4.69, 9.17) is 5.11 Å². The van der Waals surface area contributed by atoms with Gasteiger partial charge in [-0.1, -0.05) is 30.3 Å². The Hall–Kier alpha value is -1.64. The van der Waals surface area contributed by atoms with E-state index in [2.05, 4.69) is 0 Å². The van der Waals surface area contributed by atoms with Crippen LogP contribution in [0.2, 0.25) is 0 Å². The predicted octanol–water partition coefficient (Wildman–Crippen LogP) is 2.05. The Balaban J connectivity index is 1.92. The van der Waals surface area contributed by atoms with Gasteiger partial charge in [-0.25, -0.2) is 0 Å². The van der Waals surface area contributed by atoms with Crippen molar-refractivity contribution in [2.75, 3.05) is 0 Å². The van der Waals surface area contributed by atoms with Crippen LogP contribution in [0.15, 0.2) is 30.3 Å². The van der Waals surface area contributed by atoms with E-state index in [1.165, 1.54) is 0 Å². The third-order valence-electron chi connectivity index (χ3n) is 3.18. The van der Waals surface area contributed by atoms with Crippen LogP contribution in [0.4, 0.5) is 0 Å². The van der Waals surface area contributed by atoms with E-state index in [1.54, 1.807) is 0 Å². The van der Waals surface area contributed by atoms with Gasteiger partial charge < -0.3 is 5.11 Å². The fraction of sp³-hybridized carbons (Fsp3) is 0.385. The Bertz CT molecular complexity index is 404. The Morgan fingerprint density at radius 2 is 1.81 bits per heavy atom. The molecule has 0 aromatic heterocycles. The molecule has 84 valence electrons. The third kappa shape index (κ3) is 1.98. The number of carbonyl (C=O) groups is 2. The fourth-order valence-electron chi connectivity index (χ4n) is 1.88. The summed E-state index contributed by atoms with van der Waals surface area (Å²) in [5.74, 6) is -1.07. The lowest BCUT2D eigenvalue weighted by Crippen LogP contribution is -2.25. The molecule has 0 atom stereocenters. The molecule has 0 saturated heterocycles. The number of ketones is 1. The molecule has 2 rings (SSSR count). The molecule has 3 nitrogen and oxygen atoms in total. The highest BCUT2D eigenvalue weighted by atomic mass is 16.4. The van der Waals surface area contributed by atoms with Crippen LogP contribution < -0.4 is 0 Å². The van der Waals surface area contributed by atoms with Crippen molar-refractivity contribution in [3.05, 3.63) is 35.9 Å². The number of aliphatic carboxylic acids is 1. The molecule has 3 heteroatoms. The van der Waals surface area contributed by atoms with Gasteiger partial charge in [0.15, 0.2) is 5.78 Å². The molecule has 0 bridgehead atoms. The normalized spacial score (nSPS) is 16.8. The summed E-state index contributed by atoms with van der Waals surface area (Å²) in [6.45, 7) is 0. The van der Waals surface area contributed by atoms with Crippen molar-refractivity contribution in [2.45, 2.75) is 25.7 Å². The molecule has 0 heterocycles. The highest BCUT2D eigenvalue weighted by molar-refractivity contribution is 6.05. The monoisotopic (exact) mass is 218 g/mol. The van der Waals surface area contributed by atoms with E-state index in [0.717, 1.165) is 5.56 Å². The van der Waals surface area contributed by atoms with Gasteiger partial charge >= 0.3 is 5.97 Å². The first kappa shape index (κ1) is 10.9. The minimum atomic E-state index is -1.03. The van der Waals surface area contributed by atoms with E-state index in [0.29, 0.717) is 25.7 Å². The minimum absolute atomic E-state index is 0.121. The van der Waals surface area contributed by atoms with Crippen molar-refractivity contribution >= 4 is 11.8 Å². The van der Waals surface area contributed by atoms with E-state index in [-0.39, 0.29) is 5.78 Å². The molecule has 1 aromatic rings. The second-order valence-corrected chi connectivity index (χ2v) is 4.30. The van der Waals surface area contributed by atoms with Crippen LogP contribution in [0.25, 0.3) is 0 Å². The zero-order valence-corrected chi connectivity index (χ0v) is 8.98. The zero-order valence-electron chi connectivity index (χ0n) is 8.98. The van der Waals surface area contributed by atoms with Gasteiger partial charge in [-0.05, 0) is 24.8 Å². The van der Waals surface area contributed by atoms with Crippen molar-refractivity contribution in [2.24, 2.45) is 5.41 Å². The molecule has 0 radical (unpaired) electrons. The molecule has 1 aliphatic carbocycles. The van der Waals surface area contributed by atoms with Crippen molar-refractivity contribution in [3.63, 3.8) is 0 Å². The van der Waals surface area contributed by atoms with Gasteiger partial charge in [0.05, 0.1) is 0 Å². The molecule has 16 heavy (non-hydrogen) atoms. The summed E-state index contributed by atoms with van der Waals surface area (Å²) in [5, 5.41) is 8.95. The van der Waals surface area contributed by atoms with Crippen LogP contribution in [-0.4, -0.2) is 16.9 Å². The van der Waals surface area contributed by atoms with E-state index >= 15 is 0 Å². The summed E-state index contributed by atoms with van der Waals surface area (Å²) < 4.78 is 0. The maximum absolute atomic E-state index is 11.8. The van der Waals surface area contributed by atoms with Crippen LogP contribution in [0, 0.1) is 5.41 Å². The van der Waals surface area contributed by atoms with Crippen molar-refractivity contribution in [1.82, 2.24) is 0 Å². The van der Waals surface area contributed by atoms with Crippen molar-refractivity contribution in [3.8, 4) is 0 Å². The van der Waals surface area contributed by atoms with Crippen LogP contribution in [0.1, 0.15) is 24.8 Å². The Kier molecular flexibility index (Phi) is 2.77. The van der Waals surface area contributed by atoms with Crippen LogP contribution in [-0.2, 0) is 16.0 Å². The highest BCUT2D eigenvalue weighted by Crippen LogP contribution is 2.47. The van der Waals surface area contributed by atoms with Gasteiger partial charge in [-0.2, -0.15) is 0 Å². The Morgan fingerprint density at radius 1 is 1.19 bits per heavy atom. The van der Waals surface area contributed by atoms with Gasteiger partial charge in [0.1, 0.15) is 5.41 Å². The lowest BCUT2D eigenvalue weighted by molar-refractivity contribution is -0.148. The number of aryl methyl sites for hydroxylation is 1. The Morgan fingerprint density at radius 3 is 2.31 bits per heavy atom. The number of carbonyl (C=O) groups excluding carboxylic acids is 1. The van der Waals surface area contributed by atoms with Gasteiger partial charge in [-0.3, -0.25) is 9.59 Å². The average molecular weight is 218 g/mol. The molecular formula is C13H14O3. The minimum Gasteiger partial charge on any atom is -0.480 e. The third-order valence-corrected chi connectivity index (χ3v) is 3.18. The summed E-state index contributed by atoms with van der Waals surface area (Å²) in [6.07, 6.45) is 1.98. The topological polar surface area (TPSA) is 54.4 Å². The molecular weight excluding hydrogens is 204 g/mol. The molecule has 1 aliphatic rings. The molecule has 0 spiro atoms. The molecule has 1 saturated carbocycles. The summed E-state index contributed by atoms with van der Waals surface area (Å²) in [7, 11) is 0. The Labute approximate surface area is 94.1 Å². The second kappa shape index (κ2) is 4.08. The SMILES string of the molecule is O=C(O)C1(C(=O)CCc2ccccc2)CC1. The first-order valence-electron chi connectivity index (χ1n) is 5.46. The summed E-state index contributed by atoms with van der Waals surface area (Å²) in [6, 6.07) is 9.67. The van der Waals surface area contributed by atoms with Crippen LogP contribution in [0.5, 0.6) is 0 Å². The van der Waals surface area contributed by atoms with Gasteiger partial charge in [0.2, 0.25) is 0 Å². The smallest absolute Gasteiger partial charge is 0.317 e.